The largest absolute Gasteiger partial charge is 0.333 e. The molecule has 1 aliphatic rings. The lowest BCUT2D eigenvalue weighted by molar-refractivity contribution is -0.899. The van der Waals surface area contributed by atoms with Crippen LogP contribution in [0.2, 0.25) is 0 Å². The van der Waals surface area contributed by atoms with Crippen LogP contribution in [-0.2, 0) is 11.3 Å². The van der Waals surface area contributed by atoms with Gasteiger partial charge in [0.1, 0.15) is 12.1 Å². The Morgan fingerprint density at radius 1 is 1.68 bits per heavy atom. The van der Waals surface area contributed by atoms with Crippen LogP contribution < -0.4 is 10.2 Å². The molecule has 118 valence electrons. The highest BCUT2D eigenvalue weighted by Gasteiger charge is 2.43. The molecule has 0 bridgehead atoms. The van der Waals surface area contributed by atoms with Crippen molar-refractivity contribution < 1.29 is 9.69 Å². The van der Waals surface area contributed by atoms with Gasteiger partial charge >= 0.3 is 0 Å². The maximum absolute atomic E-state index is 12.3. The van der Waals surface area contributed by atoms with Crippen LogP contribution >= 0.6 is 27.3 Å². The highest BCUT2D eigenvalue weighted by Crippen LogP contribution is 2.39. The Bertz CT molecular complexity index is 590. The van der Waals surface area contributed by atoms with E-state index in [1.807, 2.05) is 19.1 Å². The Morgan fingerprint density at radius 3 is 2.91 bits per heavy atom. The zero-order valence-corrected chi connectivity index (χ0v) is 15.1. The first kappa shape index (κ1) is 17.2. The minimum absolute atomic E-state index is 0.0663. The summed E-state index contributed by atoms with van der Waals surface area (Å²) < 4.78 is 1.09. The van der Waals surface area contributed by atoms with E-state index in [9.17, 15) is 10.1 Å². The minimum atomic E-state index is -0.720. The second kappa shape index (κ2) is 7.40. The van der Waals surface area contributed by atoms with Crippen LogP contribution in [0.25, 0.3) is 0 Å². The topological polar surface area (TPSA) is 57.3 Å². The molecule has 6 heteroatoms. The molecule has 2 rings (SSSR count). The molecule has 0 spiro atoms. The van der Waals surface area contributed by atoms with Crippen LogP contribution in [0, 0.1) is 17.2 Å². The molecule has 0 radical (unpaired) electrons. The first-order chi connectivity index (χ1) is 10.5. The molecule has 1 unspecified atom stereocenters. The number of nitrogens with zero attached hydrogens (tertiary/aromatic N) is 1. The van der Waals surface area contributed by atoms with Crippen LogP contribution in [0.3, 0.4) is 0 Å². The van der Waals surface area contributed by atoms with Crippen molar-refractivity contribution in [1.82, 2.24) is 5.32 Å². The highest BCUT2D eigenvalue weighted by molar-refractivity contribution is 9.11. The van der Waals surface area contributed by atoms with Gasteiger partial charge in [-0.05, 0) is 59.8 Å². The molecule has 1 aromatic heterocycles. The first-order valence-corrected chi connectivity index (χ1v) is 8.98. The maximum Gasteiger partial charge on any atom is 0.276 e. The summed E-state index contributed by atoms with van der Waals surface area (Å²) in [6.07, 6.45) is 3.88. The normalized spacial score (nSPS) is 18.0. The molecule has 2 N–H and O–H groups in total. The molecule has 4 nitrogen and oxygen atoms in total. The maximum atomic E-state index is 12.3. The van der Waals surface area contributed by atoms with E-state index in [4.69, 9.17) is 0 Å². The van der Waals surface area contributed by atoms with Gasteiger partial charge in [0.05, 0.1) is 21.3 Å². The number of hydrogen-bond acceptors (Lipinski definition) is 3. The molecule has 1 amide bonds. The predicted molar refractivity (Wildman–Crippen MR) is 91.5 cm³/mol. The molecule has 1 heterocycles. The van der Waals surface area contributed by atoms with E-state index in [1.54, 1.807) is 11.3 Å². The number of hydrogen-bond donors (Lipinski definition) is 2. The van der Waals surface area contributed by atoms with Gasteiger partial charge in [0.25, 0.3) is 5.91 Å². The number of amides is 1. The average molecular weight is 383 g/mol. The molecule has 22 heavy (non-hydrogen) atoms. The number of thiophene rings is 1. The number of carbonyl (C=O) groups is 1. The zero-order chi connectivity index (χ0) is 16.2. The SMILES string of the molecule is C=CC[NH+](CC(=O)N[C@@](C)(C#N)C1CC1)Cc1ccc(Br)s1. The summed E-state index contributed by atoms with van der Waals surface area (Å²) in [5, 5.41) is 12.3. The molecular formula is C16H21BrN3OS+. The summed E-state index contributed by atoms with van der Waals surface area (Å²) in [5.41, 5.74) is -0.720. The number of carbonyl (C=O) groups excluding carboxylic acids is 1. The van der Waals surface area contributed by atoms with Gasteiger partial charge in [0, 0.05) is 0 Å². The molecule has 1 fully saturated rings. The van der Waals surface area contributed by atoms with E-state index in [0.717, 1.165) is 34.6 Å². The third-order valence-electron chi connectivity index (χ3n) is 3.92. The van der Waals surface area contributed by atoms with Gasteiger partial charge < -0.3 is 10.2 Å². The highest BCUT2D eigenvalue weighted by atomic mass is 79.9. The van der Waals surface area contributed by atoms with Gasteiger partial charge in [-0.2, -0.15) is 5.26 Å². The number of nitrogens with one attached hydrogen (secondary N) is 2. The van der Waals surface area contributed by atoms with Crippen molar-refractivity contribution in [2.24, 2.45) is 5.92 Å². The second-order valence-electron chi connectivity index (χ2n) is 5.94. The fourth-order valence-corrected chi connectivity index (χ4v) is 4.10. The van der Waals surface area contributed by atoms with E-state index in [0.29, 0.717) is 12.5 Å². The number of halogens is 1. The quantitative estimate of drug-likeness (QED) is 0.674. The van der Waals surface area contributed by atoms with Crippen LogP contribution in [-0.4, -0.2) is 24.5 Å². The third-order valence-corrected chi connectivity index (χ3v) is 5.55. The van der Waals surface area contributed by atoms with Crippen LogP contribution in [0.4, 0.5) is 0 Å². The standard InChI is InChI=1S/C16H20BrN3OS/c1-3-8-20(9-13-6-7-14(17)22-13)10-15(21)19-16(2,11-18)12-4-5-12/h3,6-7,12H,1,4-5,8-10H2,2H3,(H,19,21)/p+1/t16-/m0/s1. The van der Waals surface area contributed by atoms with Crippen LogP contribution in [0.15, 0.2) is 28.6 Å². The number of nitriles is 1. The van der Waals surface area contributed by atoms with Gasteiger partial charge in [-0.3, -0.25) is 4.79 Å². The number of quaternary nitrogens is 1. The molecular weight excluding hydrogens is 362 g/mol. The van der Waals surface area contributed by atoms with Crippen molar-refractivity contribution in [3.05, 3.63) is 33.5 Å². The van der Waals surface area contributed by atoms with Crippen LogP contribution in [0.1, 0.15) is 24.6 Å². The minimum Gasteiger partial charge on any atom is -0.333 e. The fraction of sp³-hybridized carbons (Fsp3) is 0.500. The Hall–Kier alpha value is -1.16. The van der Waals surface area contributed by atoms with Crippen molar-refractivity contribution >= 4 is 33.2 Å². The van der Waals surface area contributed by atoms with E-state index >= 15 is 0 Å². The monoisotopic (exact) mass is 382 g/mol. The summed E-state index contributed by atoms with van der Waals surface area (Å²) in [4.78, 5) is 14.7. The predicted octanol–water partition coefficient (Wildman–Crippen LogP) is 1.89. The summed E-state index contributed by atoms with van der Waals surface area (Å²) in [6.45, 7) is 7.45. The van der Waals surface area contributed by atoms with Gasteiger partial charge in [-0.1, -0.05) is 6.58 Å². The Morgan fingerprint density at radius 2 is 2.41 bits per heavy atom. The fourth-order valence-electron chi connectivity index (χ4n) is 2.55. The van der Waals surface area contributed by atoms with E-state index in [-0.39, 0.29) is 5.91 Å². The summed E-state index contributed by atoms with van der Waals surface area (Å²) >= 11 is 5.14. The zero-order valence-electron chi connectivity index (χ0n) is 12.7. The molecule has 0 aliphatic heterocycles. The average Bonchev–Trinajstić information content (AvgIpc) is 3.24. The smallest absolute Gasteiger partial charge is 0.276 e. The van der Waals surface area contributed by atoms with Crippen LogP contribution in [0.5, 0.6) is 0 Å². The van der Waals surface area contributed by atoms with Gasteiger partial charge in [-0.25, -0.2) is 0 Å². The first-order valence-electron chi connectivity index (χ1n) is 7.38. The molecule has 1 aromatic rings. The molecule has 1 saturated carbocycles. The van der Waals surface area contributed by atoms with Gasteiger partial charge in [-0.15, -0.1) is 11.3 Å². The molecule has 2 atom stereocenters. The lowest BCUT2D eigenvalue weighted by atomic mass is 9.98. The van der Waals surface area contributed by atoms with Crippen molar-refractivity contribution in [2.75, 3.05) is 13.1 Å². The summed E-state index contributed by atoms with van der Waals surface area (Å²) in [7, 11) is 0. The van der Waals surface area contributed by atoms with Gasteiger partial charge in [0.15, 0.2) is 6.54 Å². The van der Waals surface area contributed by atoms with Crippen molar-refractivity contribution in [3.8, 4) is 6.07 Å². The Kier molecular flexibility index (Phi) is 5.79. The summed E-state index contributed by atoms with van der Waals surface area (Å²) in [5.74, 6) is 0.237. The van der Waals surface area contributed by atoms with E-state index < -0.39 is 5.54 Å². The Balaban J connectivity index is 1.93. The van der Waals surface area contributed by atoms with Crippen molar-refractivity contribution in [3.63, 3.8) is 0 Å². The van der Waals surface area contributed by atoms with Crippen molar-refractivity contribution in [1.29, 1.82) is 5.26 Å². The van der Waals surface area contributed by atoms with Gasteiger partial charge in [0.2, 0.25) is 0 Å². The third kappa shape index (κ3) is 4.67. The molecule has 0 aromatic carbocycles. The molecule has 1 aliphatic carbocycles. The van der Waals surface area contributed by atoms with Crippen molar-refractivity contribution in [2.45, 2.75) is 31.8 Å². The lowest BCUT2D eigenvalue weighted by Crippen LogP contribution is -3.11. The molecule has 0 saturated heterocycles. The van der Waals surface area contributed by atoms with E-state index in [2.05, 4.69) is 40.0 Å². The second-order valence-corrected chi connectivity index (χ2v) is 8.49. The summed E-state index contributed by atoms with van der Waals surface area (Å²) in [6, 6.07) is 6.35. The number of rotatable bonds is 8. The lowest BCUT2D eigenvalue weighted by Gasteiger charge is -2.24. The van der Waals surface area contributed by atoms with E-state index in [1.165, 1.54) is 4.88 Å². The Labute approximate surface area is 143 Å².